The smallest absolute Gasteiger partial charge is 0.462 e. The van der Waals surface area contributed by atoms with E-state index in [-0.39, 0.29) is 19.4 Å². The summed E-state index contributed by atoms with van der Waals surface area (Å²) < 4.78 is 26.5. The molecular formula is C48H85O8P. The summed E-state index contributed by atoms with van der Waals surface area (Å²) >= 11 is 0. The Hall–Kier alpha value is -2.25. The molecule has 1 unspecified atom stereocenters. The van der Waals surface area contributed by atoms with Crippen molar-refractivity contribution in [2.75, 3.05) is 13.2 Å². The molecule has 0 radical (unpaired) electrons. The third kappa shape index (κ3) is 46.3. The van der Waals surface area contributed by atoms with Gasteiger partial charge in [0.2, 0.25) is 0 Å². The highest BCUT2D eigenvalue weighted by Gasteiger charge is 2.22. The van der Waals surface area contributed by atoms with Crippen molar-refractivity contribution < 1.29 is 37.9 Å². The van der Waals surface area contributed by atoms with E-state index >= 15 is 0 Å². The fourth-order valence-electron chi connectivity index (χ4n) is 6.36. The Morgan fingerprint density at radius 1 is 0.474 bits per heavy atom. The Balaban J connectivity index is 3.88. The van der Waals surface area contributed by atoms with Crippen LogP contribution >= 0.6 is 7.82 Å². The van der Waals surface area contributed by atoms with Gasteiger partial charge >= 0.3 is 19.8 Å². The van der Waals surface area contributed by atoms with Crippen LogP contribution in [0.5, 0.6) is 0 Å². The number of hydrogen-bond donors (Lipinski definition) is 2. The van der Waals surface area contributed by atoms with Crippen LogP contribution in [-0.2, 0) is 28.2 Å². The zero-order valence-electron chi connectivity index (χ0n) is 36.5. The van der Waals surface area contributed by atoms with Gasteiger partial charge < -0.3 is 19.3 Å². The maximum Gasteiger partial charge on any atom is 0.469 e. The number of allylic oxidation sites excluding steroid dienone is 10. The van der Waals surface area contributed by atoms with Crippen molar-refractivity contribution in [3.8, 4) is 0 Å². The molecule has 0 aromatic carbocycles. The second kappa shape index (κ2) is 43.3. The van der Waals surface area contributed by atoms with Crippen molar-refractivity contribution in [3.05, 3.63) is 60.8 Å². The van der Waals surface area contributed by atoms with Crippen molar-refractivity contribution in [3.63, 3.8) is 0 Å². The van der Waals surface area contributed by atoms with Gasteiger partial charge in [0, 0.05) is 12.8 Å². The van der Waals surface area contributed by atoms with Crippen LogP contribution in [0, 0.1) is 0 Å². The molecule has 57 heavy (non-hydrogen) atoms. The highest BCUT2D eigenvalue weighted by molar-refractivity contribution is 7.46. The van der Waals surface area contributed by atoms with E-state index in [0.717, 1.165) is 83.5 Å². The summed E-state index contributed by atoms with van der Waals surface area (Å²) in [5.41, 5.74) is 0. The van der Waals surface area contributed by atoms with Crippen molar-refractivity contribution in [2.24, 2.45) is 0 Å². The molecule has 8 nitrogen and oxygen atoms in total. The first kappa shape index (κ1) is 54.8. The van der Waals surface area contributed by atoms with E-state index in [1.54, 1.807) is 0 Å². The molecule has 0 saturated heterocycles. The van der Waals surface area contributed by atoms with Gasteiger partial charge in [0.15, 0.2) is 6.10 Å². The summed E-state index contributed by atoms with van der Waals surface area (Å²) in [5, 5.41) is 0. The van der Waals surface area contributed by atoms with Crippen LogP contribution < -0.4 is 0 Å². The van der Waals surface area contributed by atoms with Crippen LogP contribution in [0.4, 0.5) is 0 Å². The number of phosphoric ester groups is 1. The molecule has 330 valence electrons. The molecule has 9 heteroatoms. The second-order valence-electron chi connectivity index (χ2n) is 15.3. The Labute approximate surface area is 349 Å². The molecule has 0 aromatic rings. The number of ether oxygens (including phenoxy) is 2. The fraction of sp³-hybridized carbons (Fsp3) is 0.750. The van der Waals surface area contributed by atoms with Gasteiger partial charge in [-0.15, -0.1) is 0 Å². The maximum atomic E-state index is 12.4. The average Bonchev–Trinajstić information content (AvgIpc) is 3.18. The lowest BCUT2D eigenvalue weighted by molar-refractivity contribution is -0.161. The summed E-state index contributed by atoms with van der Waals surface area (Å²) in [5.74, 6) is -0.898. The lowest BCUT2D eigenvalue weighted by atomic mass is 10.0. The van der Waals surface area contributed by atoms with Gasteiger partial charge in [-0.25, -0.2) is 4.57 Å². The molecule has 0 saturated carbocycles. The minimum atomic E-state index is -4.76. The lowest BCUT2D eigenvalue weighted by Gasteiger charge is -2.18. The molecule has 0 heterocycles. The van der Waals surface area contributed by atoms with Crippen molar-refractivity contribution in [2.45, 2.75) is 219 Å². The highest BCUT2D eigenvalue weighted by Crippen LogP contribution is 2.36. The molecule has 0 aliphatic carbocycles. The first-order valence-electron chi connectivity index (χ1n) is 23.1. The van der Waals surface area contributed by atoms with Crippen molar-refractivity contribution in [1.29, 1.82) is 0 Å². The third-order valence-corrected chi connectivity index (χ3v) is 10.3. The standard InChI is InChI=1S/C48H85O8P/c1-3-5-7-9-11-13-15-17-19-21-22-23-24-25-26-27-29-31-33-35-37-39-41-43-48(50)56-46(45-55-57(51,52)53)44-54-47(49)42-40-38-36-34-32-30-28-20-18-16-14-12-10-8-6-4-2/h5,7,11,13,17,19-20,22-23,28,46H,3-4,6,8-10,12,14-16,18,21,24-27,29-45H2,1-2H3,(H2,51,52,53)/b7-5-,13-11-,19-17-,23-22-,28-20-. The molecule has 0 aromatic heterocycles. The molecule has 0 rings (SSSR count). The fourth-order valence-corrected chi connectivity index (χ4v) is 6.72. The quantitative estimate of drug-likeness (QED) is 0.0270. The number of carbonyl (C=O) groups excluding carboxylic acids is 2. The van der Waals surface area contributed by atoms with Crippen molar-refractivity contribution >= 4 is 19.8 Å². The number of rotatable bonds is 42. The van der Waals surface area contributed by atoms with Crippen LogP contribution in [0.2, 0.25) is 0 Å². The monoisotopic (exact) mass is 821 g/mol. The van der Waals surface area contributed by atoms with E-state index in [1.807, 2.05) is 0 Å². The Bertz CT molecular complexity index is 1110. The van der Waals surface area contributed by atoms with Crippen LogP contribution in [0.1, 0.15) is 213 Å². The molecular weight excluding hydrogens is 735 g/mol. The Kier molecular flexibility index (Phi) is 41.6. The number of unbranched alkanes of at least 4 members (excludes halogenated alkanes) is 22. The summed E-state index contributed by atoms with van der Waals surface area (Å²) in [6.07, 6.45) is 55.1. The van der Waals surface area contributed by atoms with Gasteiger partial charge in [0.05, 0.1) is 6.61 Å². The summed E-state index contributed by atoms with van der Waals surface area (Å²) in [4.78, 5) is 43.0. The van der Waals surface area contributed by atoms with E-state index in [4.69, 9.17) is 19.3 Å². The van der Waals surface area contributed by atoms with Gasteiger partial charge in [0.25, 0.3) is 0 Å². The average molecular weight is 821 g/mol. The first-order chi connectivity index (χ1) is 27.8. The Morgan fingerprint density at radius 2 is 0.842 bits per heavy atom. The van der Waals surface area contributed by atoms with E-state index in [1.165, 1.54) is 89.9 Å². The van der Waals surface area contributed by atoms with Gasteiger partial charge in [-0.3, -0.25) is 14.1 Å². The first-order valence-corrected chi connectivity index (χ1v) is 24.6. The normalized spacial score (nSPS) is 13.0. The summed E-state index contributed by atoms with van der Waals surface area (Å²) in [6, 6.07) is 0. The minimum absolute atomic E-state index is 0.203. The van der Waals surface area contributed by atoms with E-state index in [0.29, 0.717) is 12.8 Å². The van der Waals surface area contributed by atoms with E-state index in [9.17, 15) is 14.2 Å². The van der Waals surface area contributed by atoms with Crippen LogP contribution in [0.3, 0.4) is 0 Å². The van der Waals surface area contributed by atoms with Crippen molar-refractivity contribution in [1.82, 2.24) is 0 Å². The third-order valence-electron chi connectivity index (χ3n) is 9.77. The molecule has 0 aliphatic heterocycles. The molecule has 0 bridgehead atoms. The van der Waals surface area contributed by atoms with Gasteiger partial charge in [-0.2, -0.15) is 0 Å². The highest BCUT2D eigenvalue weighted by atomic mass is 31.2. The maximum absolute atomic E-state index is 12.4. The predicted molar refractivity (Wildman–Crippen MR) is 239 cm³/mol. The van der Waals surface area contributed by atoms with Gasteiger partial charge in [-0.1, -0.05) is 184 Å². The summed E-state index contributed by atoms with van der Waals surface area (Å²) in [7, 11) is -4.76. The Morgan fingerprint density at radius 3 is 1.28 bits per heavy atom. The second-order valence-corrected chi connectivity index (χ2v) is 16.6. The SMILES string of the molecule is CC/C=C\C/C=C\C/C=C\C/C=C\CCCCCCCCCCCCC(=O)OC(COC(=O)CCCCCCC/C=C\CCCCCCCCC)COP(=O)(O)O. The van der Waals surface area contributed by atoms with Gasteiger partial charge in [-0.05, 0) is 77.0 Å². The lowest BCUT2D eigenvalue weighted by Crippen LogP contribution is -2.29. The minimum Gasteiger partial charge on any atom is -0.462 e. The largest absolute Gasteiger partial charge is 0.469 e. The molecule has 0 amide bonds. The van der Waals surface area contributed by atoms with Crippen LogP contribution in [0.15, 0.2) is 60.8 Å². The van der Waals surface area contributed by atoms with Crippen LogP contribution in [0.25, 0.3) is 0 Å². The zero-order chi connectivity index (χ0) is 41.8. The number of hydrogen-bond acceptors (Lipinski definition) is 6. The molecule has 1 atom stereocenters. The predicted octanol–water partition coefficient (Wildman–Crippen LogP) is 14.5. The number of phosphoric acid groups is 1. The topological polar surface area (TPSA) is 119 Å². The molecule has 0 fully saturated rings. The van der Waals surface area contributed by atoms with Crippen LogP contribution in [-0.4, -0.2) is 41.0 Å². The number of esters is 2. The molecule has 2 N–H and O–H groups in total. The molecule has 0 aliphatic rings. The number of carbonyl (C=O) groups is 2. The zero-order valence-corrected chi connectivity index (χ0v) is 37.4. The van der Waals surface area contributed by atoms with E-state index in [2.05, 4.69) is 79.1 Å². The molecule has 0 spiro atoms. The van der Waals surface area contributed by atoms with Gasteiger partial charge in [0.1, 0.15) is 6.61 Å². The van der Waals surface area contributed by atoms with E-state index < -0.39 is 32.5 Å². The summed E-state index contributed by atoms with van der Waals surface area (Å²) in [6.45, 7) is 3.57.